The van der Waals surface area contributed by atoms with Crippen LogP contribution in [0.2, 0.25) is 0 Å². The molecule has 2 atom stereocenters. The molecule has 0 aromatic heterocycles. The maximum Gasteiger partial charge on any atom is 0.225 e. The Balaban J connectivity index is 1.43. The molecule has 2 aliphatic heterocycles. The molecule has 6 heteroatoms. The number of nitrogens with zero attached hydrogens (tertiary/aromatic N) is 2. The molecule has 2 heterocycles. The predicted molar refractivity (Wildman–Crippen MR) is 112 cm³/mol. The third-order valence-electron chi connectivity index (χ3n) is 7.01. The molecular formula is C23H33N3O3. The van der Waals surface area contributed by atoms with Gasteiger partial charge in [0.05, 0.1) is 19.1 Å². The van der Waals surface area contributed by atoms with E-state index in [-0.39, 0.29) is 29.2 Å². The molecule has 3 aliphatic rings. The van der Waals surface area contributed by atoms with Crippen LogP contribution in [-0.2, 0) is 9.59 Å². The van der Waals surface area contributed by atoms with Crippen LogP contribution in [0.1, 0.15) is 50.1 Å². The normalized spacial score (nSPS) is 26.4. The van der Waals surface area contributed by atoms with E-state index in [9.17, 15) is 9.59 Å². The maximum atomic E-state index is 13.2. The van der Waals surface area contributed by atoms with Crippen LogP contribution in [0, 0.1) is 11.3 Å². The fourth-order valence-electron chi connectivity index (χ4n) is 4.96. The molecule has 1 saturated carbocycles. The van der Waals surface area contributed by atoms with E-state index in [1.54, 1.807) is 12.0 Å². The summed E-state index contributed by atoms with van der Waals surface area (Å²) >= 11 is 0. The Labute approximate surface area is 173 Å². The minimum absolute atomic E-state index is 0.0814. The zero-order chi connectivity index (χ0) is 20.4. The van der Waals surface area contributed by atoms with Crippen molar-refractivity contribution in [1.29, 1.82) is 0 Å². The van der Waals surface area contributed by atoms with Crippen LogP contribution in [0.15, 0.2) is 24.3 Å². The second kappa shape index (κ2) is 8.34. The lowest BCUT2D eigenvalue weighted by Gasteiger charge is -2.39. The van der Waals surface area contributed by atoms with Crippen molar-refractivity contribution in [2.45, 2.75) is 44.6 Å². The average Bonchev–Trinajstić information content (AvgIpc) is 3.31. The van der Waals surface area contributed by atoms with Gasteiger partial charge in [0.25, 0.3) is 0 Å². The number of hydrogen-bond donors (Lipinski definition) is 1. The van der Waals surface area contributed by atoms with Crippen molar-refractivity contribution < 1.29 is 14.3 Å². The highest BCUT2D eigenvalue weighted by Crippen LogP contribution is 2.46. The number of methoxy groups -OCH3 is 1. The number of carbonyl (C=O) groups is 2. The van der Waals surface area contributed by atoms with E-state index in [0.717, 1.165) is 24.4 Å². The summed E-state index contributed by atoms with van der Waals surface area (Å²) in [6, 6.07) is 7.50. The van der Waals surface area contributed by atoms with Crippen LogP contribution in [0.25, 0.3) is 0 Å². The summed E-state index contributed by atoms with van der Waals surface area (Å²) in [5, 5.41) is 3.26. The van der Waals surface area contributed by atoms with E-state index >= 15 is 0 Å². The summed E-state index contributed by atoms with van der Waals surface area (Å²) in [6.07, 6.45) is 6.04. The van der Waals surface area contributed by atoms with Crippen molar-refractivity contribution in [3.8, 4) is 5.75 Å². The number of rotatable bonds is 7. The van der Waals surface area contributed by atoms with E-state index in [2.05, 4.69) is 10.2 Å². The molecule has 0 spiro atoms. The van der Waals surface area contributed by atoms with E-state index in [1.165, 1.54) is 38.8 Å². The fourth-order valence-corrected chi connectivity index (χ4v) is 4.96. The smallest absolute Gasteiger partial charge is 0.225 e. The van der Waals surface area contributed by atoms with Crippen molar-refractivity contribution in [2.75, 3.05) is 40.3 Å². The zero-order valence-electron chi connectivity index (χ0n) is 17.7. The first-order chi connectivity index (χ1) is 14.0. The van der Waals surface area contributed by atoms with Gasteiger partial charge in [0.2, 0.25) is 11.8 Å². The number of benzene rings is 1. The summed E-state index contributed by atoms with van der Waals surface area (Å²) in [5.74, 6) is 0.742. The fraction of sp³-hybridized carbons (Fsp3) is 0.652. The second-order valence-corrected chi connectivity index (χ2v) is 9.07. The van der Waals surface area contributed by atoms with Gasteiger partial charge in [0.15, 0.2) is 0 Å². The molecule has 0 bridgehead atoms. The third kappa shape index (κ3) is 4.42. The molecule has 1 aliphatic carbocycles. The molecule has 4 rings (SSSR count). The monoisotopic (exact) mass is 399 g/mol. The lowest BCUT2D eigenvalue weighted by molar-refractivity contribution is -0.141. The Morgan fingerprint density at radius 2 is 1.90 bits per heavy atom. The standard InChI is InChI=1S/C23H33N3O3/c1-25-20(27)10-9-19(21(25)17-5-7-18(29-2)8-6-17)22(28)24-15-23(11-12-23)16-26-13-3-4-14-26/h5-8,19,21H,3-4,9-16H2,1-2H3,(H,24,28). The Bertz CT molecular complexity index is 738. The Hall–Kier alpha value is -2.08. The number of piperidine rings is 1. The number of nitrogens with one attached hydrogen (secondary N) is 1. The molecule has 1 aromatic rings. The first-order valence-corrected chi connectivity index (χ1v) is 10.9. The van der Waals surface area contributed by atoms with Gasteiger partial charge < -0.3 is 19.9 Å². The molecule has 1 N–H and O–H groups in total. The predicted octanol–water partition coefficient (Wildman–Crippen LogP) is 2.60. The van der Waals surface area contributed by atoms with Crippen molar-refractivity contribution in [1.82, 2.24) is 15.1 Å². The number of amides is 2. The lowest BCUT2D eigenvalue weighted by atomic mass is 9.84. The van der Waals surface area contributed by atoms with Gasteiger partial charge in [-0.05, 0) is 62.9 Å². The van der Waals surface area contributed by atoms with Crippen LogP contribution in [-0.4, -0.2) is 62.0 Å². The molecule has 6 nitrogen and oxygen atoms in total. The highest BCUT2D eigenvalue weighted by molar-refractivity contribution is 5.85. The van der Waals surface area contributed by atoms with E-state index < -0.39 is 0 Å². The molecule has 2 unspecified atom stereocenters. The average molecular weight is 400 g/mol. The van der Waals surface area contributed by atoms with Crippen LogP contribution in [0.4, 0.5) is 0 Å². The number of hydrogen-bond acceptors (Lipinski definition) is 4. The van der Waals surface area contributed by atoms with Crippen molar-refractivity contribution in [3.63, 3.8) is 0 Å². The molecule has 2 amide bonds. The van der Waals surface area contributed by atoms with Gasteiger partial charge in [0.1, 0.15) is 5.75 Å². The molecule has 29 heavy (non-hydrogen) atoms. The summed E-state index contributed by atoms with van der Waals surface area (Å²) < 4.78 is 5.25. The van der Waals surface area contributed by atoms with Gasteiger partial charge >= 0.3 is 0 Å². The maximum absolute atomic E-state index is 13.2. The largest absolute Gasteiger partial charge is 0.497 e. The van der Waals surface area contributed by atoms with E-state index in [1.807, 2.05) is 31.3 Å². The van der Waals surface area contributed by atoms with E-state index in [4.69, 9.17) is 4.74 Å². The SMILES string of the molecule is COc1ccc(C2C(C(=O)NCC3(CN4CCCC4)CC3)CCC(=O)N2C)cc1. The molecule has 158 valence electrons. The highest BCUT2D eigenvalue weighted by atomic mass is 16.5. The summed E-state index contributed by atoms with van der Waals surface area (Å²) in [5.41, 5.74) is 1.26. The van der Waals surface area contributed by atoms with Gasteiger partial charge in [-0.2, -0.15) is 0 Å². The van der Waals surface area contributed by atoms with Crippen molar-refractivity contribution in [2.24, 2.45) is 11.3 Å². The van der Waals surface area contributed by atoms with Gasteiger partial charge in [-0.25, -0.2) is 0 Å². The van der Waals surface area contributed by atoms with Crippen molar-refractivity contribution in [3.05, 3.63) is 29.8 Å². The number of carbonyl (C=O) groups excluding carboxylic acids is 2. The lowest BCUT2D eigenvalue weighted by Crippen LogP contribution is -2.47. The molecule has 0 radical (unpaired) electrons. The Morgan fingerprint density at radius 1 is 1.21 bits per heavy atom. The van der Waals surface area contributed by atoms with Crippen LogP contribution >= 0.6 is 0 Å². The van der Waals surface area contributed by atoms with Crippen LogP contribution in [0.5, 0.6) is 5.75 Å². The van der Waals surface area contributed by atoms with Gasteiger partial charge in [0, 0.05) is 32.0 Å². The van der Waals surface area contributed by atoms with Crippen LogP contribution < -0.4 is 10.1 Å². The molecule has 1 aromatic carbocycles. The Kier molecular flexibility index (Phi) is 5.81. The second-order valence-electron chi connectivity index (χ2n) is 9.07. The molecular weight excluding hydrogens is 366 g/mol. The zero-order valence-corrected chi connectivity index (χ0v) is 17.7. The number of likely N-dealkylation sites (tertiary alicyclic amines) is 2. The van der Waals surface area contributed by atoms with Crippen molar-refractivity contribution >= 4 is 11.8 Å². The molecule has 2 saturated heterocycles. The quantitative estimate of drug-likeness (QED) is 0.766. The van der Waals surface area contributed by atoms with Gasteiger partial charge in [-0.3, -0.25) is 9.59 Å². The van der Waals surface area contributed by atoms with Crippen LogP contribution in [0.3, 0.4) is 0 Å². The highest BCUT2D eigenvalue weighted by Gasteiger charge is 2.45. The minimum Gasteiger partial charge on any atom is -0.497 e. The topological polar surface area (TPSA) is 61.9 Å². The first-order valence-electron chi connectivity index (χ1n) is 10.9. The number of ether oxygens (including phenoxy) is 1. The third-order valence-corrected chi connectivity index (χ3v) is 7.01. The van der Waals surface area contributed by atoms with Gasteiger partial charge in [-0.15, -0.1) is 0 Å². The Morgan fingerprint density at radius 3 is 2.52 bits per heavy atom. The first kappa shape index (κ1) is 20.2. The summed E-state index contributed by atoms with van der Waals surface area (Å²) in [6.45, 7) is 4.26. The van der Waals surface area contributed by atoms with Gasteiger partial charge in [-0.1, -0.05) is 12.1 Å². The molecule has 3 fully saturated rings. The summed E-state index contributed by atoms with van der Waals surface area (Å²) in [7, 11) is 3.45. The van der Waals surface area contributed by atoms with E-state index in [0.29, 0.717) is 12.8 Å². The summed E-state index contributed by atoms with van der Waals surface area (Å²) in [4.78, 5) is 29.8. The minimum atomic E-state index is -0.226.